The van der Waals surface area contributed by atoms with Gasteiger partial charge in [-0.1, -0.05) is 43.7 Å². The minimum absolute atomic E-state index is 0.189. The second-order valence-corrected chi connectivity index (χ2v) is 6.94. The number of thiophene rings is 1. The highest BCUT2D eigenvalue weighted by Crippen LogP contribution is 2.26. The van der Waals surface area contributed by atoms with E-state index in [4.69, 9.17) is 0 Å². The van der Waals surface area contributed by atoms with Gasteiger partial charge in [0.1, 0.15) is 5.69 Å². The summed E-state index contributed by atoms with van der Waals surface area (Å²) in [6.45, 7) is 4.02. The van der Waals surface area contributed by atoms with Crippen LogP contribution in [-0.4, -0.2) is 15.9 Å². The number of amides is 1. The van der Waals surface area contributed by atoms with Crippen molar-refractivity contribution in [3.63, 3.8) is 0 Å². The van der Waals surface area contributed by atoms with Crippen LogP contribution in [-0.2, 0) is 6.42 Å². The maximum Gasteiger partial charge on any atom is 0.272 e. The third-order valence-corrected chi connectivity index (χ3v) is 4.91. The second-order valence-electron chi connectivity index (χ2n) is 5.96. The highest BCUT2D eigenvalue weighted by molar-refractivity contribution is 7.10. The van der Waals surface area contributed by atoms with Crippen LogP contribution in [0.3, 0.4) is 0 Å². The molecule has 2 heterocycles. The molecule has 0 aliphatic carbocycles. The molecule has 5 heteroatoms. The van der Waals surface area contributed by atoms with Gasteiger partial charge in [-0.3, -0.25) is 9.78 Å². The van der Waals surface area contributed by atoms with Crippen LogP contribution in [0.1, 0.15) is 51.6 Å². The Morgan fingerprint density at radius 3 is 2.56 bits per heavy atom. The Morgan fingerprint density at radius 1 is 1.16 bits per heavy atom. The van der Waals surface area contributed by atoms with E-state index in [9.17, 15) is 4.79 Å². The van der Waals surface area contributed by atoms with Crippen molar-refractivity contribution in [2.24, 2.45) is 0 Å². The van der Waals surface area contributed by atoms with Crippen molar-refractivity contribution in [1.29, 1.82) is 0 Å². The standard InChI is InChI=1S/C20H21N3OS/c1-3-5-15-7-9-16(10-8-15)19(18-6-4-11-25-18)23-20(24)17-13-21-14(2)12-22-17/h4,6-13,19H,3,5H2,1-2H3,(H,23,24)/t19-/m0/s1. The molecule has 1 atom stereocenters. The van der Waals surface area contributed by atoms with Crippen molar-refractivity contribution >= 4 is 17.2 Å². The molecule has 25 heavy (non-hydrogen) atoms. The van der Waals surface area contributed by atoms with E-state index in [1.807, 2.05) is 24.4 Å². The van der Waals surface area contributed by atoms with Gasteiger partial charge in [-0.2, -0.15) is 0 Å². The molecule has 4 nitrogen and oxygen atoms in total. The fourth-order valence-electron chi connectivity index (χ4n) is 2.65. The first kappa shape index (κ1) is 17.3. The van der Waals surface area contributed by atoms with Crippen LogP contribution in [0.25, 0.3) is 0 Å². The lowest BCUT2D eigenvalue weighted by molar-refractivity contribution is 0.0938. The van der Waals surface area contributed by atoms with E-state index in [2.05, 4.69) is 46.5 Å². The molecular formula is C20H21N3OS. The van der Waals surface area contributed by atoms with E-state index in [1.54, 1.807) is 17.5 Å². The molecule has 3 aromatic rings. The molecule has 1 N–H and O–H groups in total. The summed E-state index contributed by atoms with van der Waals surface area (Å²) in [6.07, 6.45) is 5.31. The molecule has 0 bridgehead atoms. The summed E-state index contributed by atoms with van der Waals surface area (Å²) < 4.78 is 0. The number of nitrogens with zero attached hydrogens (tertiary/aromatic N) is 2. The largest absolute Gasteiger partial charge is 0.339 e. The number of nitrogens with one attached hydrogen (secondary N) is 1. The highest BCUT2D eigenvalue weighted by Gasteiger charge is 2.19. The molecule has 1 aromatic carbocycles. The lowest BCUT2D eigenvalue weighted by Crippen LogP contribution is -2.29. The van der Waals surface area contributed by atoms with Gasteiger partial charge in [-0.15, -0.1) is 11.3 Å². The molecule has 3 rings (SSSR count). The van der Waals surface area contributed by atoms with Crippen molar-refractivity contribution in [2.75, 3.05) is 0 Å². The maximum absolute atomic E-state index is 12.6. The maximum atomic E-state index is 12.6. The van der Waals surface area contributed by atoms with Crippen LogP contribution in [0.15, 0.2) is 54.2 Å². The Balaban J connectivity index is 1.85. The van der Waals surface area contributed by atoms with Crippen molar-refractivity contribution in [3.05, 3.63) is 81.6 Å². The minimum atomic E-state index is -0.219. The summed E-state index contributed by atoms with van der Waals surface area (Å²) in [5.41, 5.74) is 3.50. The summed E-state index contributed by atoms with van der Waals surface area (Å²) in [5.74, 6) is -0.219. The third kappa shape index (κ3) is 4.31. The molecule has 1 amide bonds. The van der Waals surface area contributed by atoms with Crippen molar-refractivity contribution < 1.29 is 4.79 Å². The Morgan fingerprint density at radius 2 is 1.96 bits per heavy atom. The van der Waals surface area contributed by atoms with Crippen LogP contribution < -0.4 is 5.32 Å². The van der Waals surface area contributed by atoms with Gasteiger partial charge in [-0.25, -0.2) is 4.98 Å². The number of aryl methyl sites for hydroxylation is 2. The van der Waals surface area contributed by atoms with Gasteiger partial charge in [0, 0.05) is 11.1 Å². The Labute approximate surface area is 152 Å². The normalized spacial score (nSPS) is 11.9. The van der Waals surface area contributed by atoms with Crippen molar-refractivity contribution in [1.82, 2.24) is 15.3 Å². The lowest BCUT2D eigenvalue weighted by Gasteiger charge is -2.18. The van der Waals surface area contributed by atoms with E-state index in [1.165, 1.54) is 11.8 Å². The van der Waals surface area contributed by atoms with Gasteiger partial charge in [0.25, 0.3) is 5.91 Å². The predicted molar refractivity (Wildman–Crippen MR) is 101 cm³/mol. The molecule has 0 fully saturated rings. The molecule has 0 aliphatic rings. The van der Waals surface area contributed by atoms with E-state index in [0.29, 0.717) is 5.69 Å². The molecule has 128 valence electrons. The van der Waals surface area contributed by atoms with Crippen LogP contribution in [0.2, 0.25) is 0 Å². The van der Waals surface area contributed by atoms with Gasteiger partial charge in [0.15, 0.2) is 0 Å². The Bertz CT molecular complexity index is 811. The average Bonchev–Trinajstić information content (AvgIpc) is 3.15. The summed E-state index contributed by atoms with van der Waals surface area (Å²) in [4.78, 5) is 22.0. The minimum Gasteiger partial charge on any atom is -0.339 e. The van der Waals surface area contributed by atoms with E-state index in [0.717, 1.165) is 29.0 Å². The summed E-state index contributed by atoms with van der Waals surface area (Å²) in [5, 5.41) is 5.11. The van der Waals surface area contributed by atoms with Gasteiger partial charge < -0.3 is 5.32 Å². The Kier molecular flexibility index (Phi) is 5.56. The zero-order valence-electron chi connectivity index (χ0n) is 14.4. The number of hydrogen-bond acceptors (Lipinski definition) is 4. The van der Waals surface area contributed by atoms with Gasteiger partial charge in [-0.05, 0) is 35.9 Å². The van der Waals surface area contributed by atoms with E-state index < -0.39 is 0 Å². The fourth-order valence-corrected chi connectivity index (χ4v) is 3.46. The first-order valence-electron chi connectivity index (χ1n) is 8.39. The number of carbonyl (C=O) groups is 1. The first-order valence-corrected chi connectivity index (χ1v) is 9.27. The van der Waals surface area contributed by atoms with Crippen molar-refractivity contribution in [3.8, 4) is 0 Å². The average molecular weight is 351 g/mol. The monoisotopic (exact) mass is 351 g/mol. The number of rotatable bonds is 6. The number of benzene rings is 1. The van der Waals surface area contributed by atoms with Crippen LogP contribution >= 0.6 is 11.3 Å². The zero-order chi connectivity index (χ0) is 17.6. The van der Waals surface area contributed by atoms with E-state index >= 15 is 0 Å². The van der Waals surface area contributed by atoms with E-state index in [-0.39, 0.29) is 11.9 Å². The smallest absolute Gasteiger partial charge is 0.272 e. The van der Waals surface area contributed by atoms with Gasteiger partial charge in [0.2, 0.25) is 0 Å². The molecular weight excluding hydrogens is 330 g/mol. The third-order valence-electron chi connectivity index (χ3n) is 3.97. The quantitative estimate of drug-likeness (QED) is 0.719. The molecule has 0 saturated heterocycles. The summed E-state index contributed by atoms with van der Waals surface area (Å²) >= 11 is 1.63. The van der Waals surface area contributed by atoms with Crippen LogP contribution in [0.4, 0.5) is 0 Å². The lowest BCUT2D eigenvalue weighted by atomic mass is 10.0. The van der Waals surface area contributed by atoms with Gasteiger partial charge >= 0.3 is 0 Å². The zero-order valence-corrected chi connectivity index (χ0v) is 15.2. The second kappa shape index (κ2) is 8.03. The molecule has 0 unspecified atom stereocenters. The molecule has 0 aliphatic heterocycles. The topological polar surface area (TPSA) is 54.9 Å². The van der Waals surface area contributed by atoms with Crippen LogP contribution in [0.5, 0.6) is 0 Å². The summed E-state index contributed by atoms with van der Waals surface area (Å²) in [7, 11) is 0. The highest BCUT2D eigenvalue weighted by atomic mass is 32.1. The van der Waals surface area contributed by atoms with Crippen molar-refractivity contribution in [2.45, 2.75) is 32.7 Å². The molecule has 0 saturated carbocycles. The molecule has 0 radical (unpaired) electrons. The van der Waals surface area contributed by atoms with Crippen LogP contribution in [0, 0.1) is 6.92 Å². The van der Waals surface area contributed by atoms with Gasteiger partial charge in [0.05, 0.1) is 17.9 Å². The first-order chi connectivity index (χ1) is 12.2. The predicted octanol–water partition coefficient (Wildman–Crippen LogP) is 4.32. The molecule has 0 spiro atoms. The fraction of sp³-hybridized carbons (Fsp3) is 0.250. The SMILES string of the molecule is CCCc1ccc([C@H](NC(=O)c2cnc(C)cn2)c2cccs2)cc1. The number of hydrogen-bond donors (Lipinski definition) is 1. The number of aromatic nitrogens is 2. The Hall–Kier alpha value is -2.53. The number of carbonyl (C=O) groups excluding carboxylic acids is 1. The molecule has 2 aromatic heterocycles. The summed E-state index contributed by atoms with van der Waals surface area (Å²) in [6, 6.07) is 12.3.